The van der Waals surface area contributed by atoms with Gasteiger partial charge in [0.05, 0.1) is 30.4 Å². The van der Waals surface area contributed by atoms with Gasteiger partial charge in [-0.3, -0.25) is 0 Å². The first-order valence-corrected chi connectivity index (χ1v) is 8.10. The van der Waals surface area contributed by atoms with Crippen LogP contribution in [0.4, 0.5) is 5.69 Å². The van der Waals surface area contributed by atoms with E-state index in [9.17, 15) is 0 Å². The van der Waals surface area contributed by atoms with Gasteiger partial charge in [-0.2, -0.15) is 0 Å². The second-order valence-corrected chi connectivity index (χ2v) is 5.71. The molecule has 0 aliphatic carbocycles. The molecule has 0 fully saturated rings. The van der Waals surface area contributed by atoms with Crippen LogP contribution in [-0.4, -0.2) is 48.4 Å². The molecule has 0 saturated heterocycles. The van der Waals surface area contributed by atoms with Crippen LogP contribution < -0.4 is 15.4 Å². The molecule has 0 saturated carbocycles. The summed E-state index contributed by atoms with van der Waals surface area (Å²) < 4.78 is 5.24. The minimum Gasteiger partial charge on any atom is -0.481 e. The van der Waals surface area contributed by atoms with Crippen molar-refractivity contribution < 1.29 is 9.84 Å². The average molecular weight is 420 g/mol. The minimum atomic E-state index is 0. The molecule has 0 aliphatic heterocycles. The van der Waals surface area contributed by atoms with Gasteiger partial charge in [0.2, 0.25) is 5.88 Å². The van der Waals surface area contributed by atoms with Crippen LogP contribution in [0.25, 0.3) is 21.9 Å². The Balaban J connectivity index is 0.00000169. The maximum absolute atomic E-state index is 8.82. The summed E-state index contributed by atoms with van der Waals surface area (Å²) in [6.07, 6.45) is 0. The van der Waals surface area contributed by atoms with Crippen molar-refractivity contribution in [1.82, 2.24) is 15.3 Å². The van der Waals surface area contributed by atoms with Crippen LogP contribution in [-0.2, 0) is 0 Å². The molecule has 0 spiro atoms. The zero-order valence-electron chi connectivity index (χ0n) is 14.2. The summed E-state index contributed by atoms with van der Waals surface area (Å²) in [4.78, 5) is 9.18. The Kier molecular flexibility index (Phi) is 9.12. The standard InChI is InChI=1S/C17H19ClN4O2.2ClH/c1-24-15-5-4-13-17(22-15)16(20-7-6-19-8-9-23)12-3-2-11(18)10-14(12)21-13;;/h2-5,10,19,23H,6-9H2,1H3,(H,20,21);2*1H. The van der Waals surface area contributed by atoms with Gasteiger partial charge in [0.15, 0.2) is 0 Å². The summed E-state index contributed by atoms with van der Waals surface area (Å²) in [7, 11) is 1.59. The molecule has 9 heteroatoms. The average Bonchev–Trinajstić information content (AvgIpc) is 2.60. The third-order valence-corrected chi connectivity index (χ3v) is 3.89. The zero-order chi connectivity index (χ0) is 16.9. The van der Waals surface area contributed by atoms with Crippen molar-refractivity contribution in [3.8, 4) is 5.88 Å². The van der Waals surface area contributed by atoms with Crippen molar-refractivity contribution >= 4 is 64.0 Å². The summed E-state index contributed by atoms with van der Waals surface area (Å²) in [5.41, 5.74) is 3.24. The Labute approximate surface area is 169 Å². The van der Waals surface area contributed by atoms with Crippen molar-refractivity contribution in [2.24, 2.45) is 0 Å². The number of hydrogen-bond acceptors (Lipinski definition) is 6. The molecule has 6 nitrogen and oxygen atoms in total. The topological polar surface area (TPSA) is 79.3 Å². The maximum atomic E-state index is 8.82. The molecule has 0 radical (unpaired) electrons. The molecule has 26 heavy (non-hydrogen) atoms. The van der Waals surface area contributed by atoms with Gasteiger partial charge in [-0.05, 0) is 24.3 Å². The van der Waals surface area contributed by atoms with E-state index in [2.05, 4.69) is 20.6 Å². The quantitative estimate of drug-likeness (QED) is 0.403. The van der Waals surface area contributed by atoms with E-state index in [1.165, 1.54) is 0 Å². The molecule has 2 aromatic heterocycles. The largest absolute Gasteiger partial charge is 0.481 e. The van der Waals surface area contributed by atoms with Crippen molar-refractivity contribution in [1.29, 1.82) is 0 Å². The van der Waals surface area contributed by atoms with Gasteiger partial charge in [-0.1, -0.05) is 11.6 Å². The van der Waals surface area contributed by atoms with Gasteiger partial charge in [-0.25, -0.2) is 9.97 Å². The van der Waals surface area contributed by atoms with Gasteiger partial charge in [0.25, 0.3) is 0 Å². The Morgan fingerprint density at radius 3 is 2.58 bits per heavy atom. The number of hydrogen-bond donors (Lipinski definition) is 3. The smallest absolute Gasteiger partial charge is 0.213 e. The number of aliphatic hydroxyl groups is 1. The fourth-order valence-electron chi connectivity index (χ4n) is 2.55. The fraction of sp³-hybridized carbons (Fsp3) is 0.294. The lowest BCUT2D eigenvalue weighted by molar-refractivity contribution is 0.293. The molecule has 0 amide bonds. The number of fused-ring (bicyclic) bond motifs is 2. The van der Waals surface area contributed by atoms with E-state index in [-0.39, 0.29) is 31.4 Å². The number of aromatic nitrogens is 2. The lowest BCUT2D eigenvalue weighted by Crippen LogP contribution is -2.25. The van der Waals surface area contributed by atoms with Gasteiger partial charge in [0, 0.05) is 36.1 Å². The molecule has 0 unspecified atom stereocenters. The van der Waals surface area contributed by atoms with E-state index in [1.54, 1.807) is 13.2 Å². The highest BCUT2D eigenvalue weighted by atomic mass is 35.5. The second kappa shape index (κ2) is 10.5. The molecule has 1 aromatic carbocycles. The molecular weight excluding hydrogens is 399 g/mol. The first-order chi connectivity index (χ1) is 11.7. The number of nitrogens with one attached hydrogen (secondary N) is 2. The fourth-order valence-corrected chi connectivity index (χ4v) is 2.71. The highest BCUT2D eigenvalue weighted by Gasteiger charge is 2.11. The highest BCUT2D eigenvalue weighted by molar-refractivity contribution is 6.31. The summed E-state index contributed by atoms with van der Waals surface area (Å²) in [6, 6.07) is 9.30. The van der Waals surface area contributed by atoms with E-state index in [0.29, 0.717) is 24.0 Å². The van der Waals surface area contributed by atoms with Crippen LogP contribution in [0, 0.1) is 0 Å². The minimum absolute atomic E-state index is 0. The number of methoxy groups -OCH3 is 1. The Morgan fingerprint density at radius 1 is 1.04 bits per heavy atom. The lowest BCUT2D eigenvalue weighted by Gasteiger charge is -2.13. The van der Waals surface area contributed by atoms with E-state index < -0.39 is 0 Å². The van der Waals surface area contributed by atoms with Crippen LogP contribution >= 0.6 is 36.4 Å². The lowest BCUT2D eigenvalue weighted by atomic mass is 10.1. The third-order valence-electron chi connectivity index (χ3n) is 3.66. The predicted octanol–water partition coefficient (Wildman–Crippen LogP) is 3.28. The highest BCUT2D eigenvalue weighted by Crippen LogP contribution is 2.32. The van der Waals surface area contributed by atoms with Crippen molar-refractivity contribution in [3.63, 3.8) is 0 Å². The number of benzene rings is 1. The van der Waals surface area contributed by atoms with Gasteiger partial charge >= 0.3 is 0 Å². The summed E-state index contributed by atoms with van der Waals surface area (Å²) in [6.45, 7) is 2.11. The molecule has 142 valence electrons. The molecule has 3 aromatic rings. The SMILES string of the molecule is COc1ccc2nc3cc(Cl)ccc3c(NCCNCCO)c2n1.Cl.Cl. The number of nitrogens with zero attached hydrogens (tertiary/aromatic N) is 2. The van der Waals surface area contributed by atoms with Crippen molar-refractivity contribution in [2.75, 3.05) is 38.7 Å². The molecule has 0 aliphatic rings. The second-order valence-electron chi connectivity index (χ2n) is 5.27. The summed E-state index contributed by atoms with van der Waals surface area (Å²) in [5, 5.41) is 17.0. The Bertz CT molecular complexity index is 864. The summed E-state index contributed by atoms with van der Waals surface area (Å²) >= 11 is 6.10. The van der Waals surface area contributed by atoms with E-state index in [1.807, 2.05) is 24.3 Å². The van der Waals surface area contributed by atoms with Crippen LogP contribution in [0.5, 0.6) is 5.88 Å². The van der Waals surface area contributed by atoms with Crippen LogP contribution in [0.1, 0.15) is 0 Å². The number of halogens is 3. The maximum Gasteiger partial charge on any atom is 0.213 e. The van der Waals surface area contributed by atoms with Crippen LogP contribution in [0.15, 0.2) is 30.3 Å². The molecule has 0 atom stereocenters. The Hall–Kier alpha value is -1.57. The number of rotatable bonds is 7. The number of anilines is 1. The summed E-state index contributed by atoms with van der Waals surface area (Å²) in [5.74, 6) is 0.541. The number of aliphatic hydroxyl groups excluding tert-OH is 1. The van der Waals surface area contributed by atoms with Gasteiger partial charge in [-0.15, -0.1) is 24.8 Å². The molecule has 0 bridgehead atoms. The van der Waals surface area contributed by atoms with Gasteiger partial charge in [0.1, 0.15) is 5.52 Å². The Morgan fingerprint density at radius 2 is 1.85 bits per heavy atom. The van der Waals surface area contributed by atoms with Gasteiger partial charge < -0.3 is 20.5 Å². The van der Waals surface area contributed by atoms with Crippen molar-refractivity contribution in [3.05, 3.63) is 35.4 Å². The molecular formula is C17H21Cl3N4O2. The van der Waals surface area contributed by atoms with E-state index >= 15 is 0 Å². The van der Waals surface area contributed by atoms with E-state index in [4.69, 9.17) is 21.4 Å². The monoisotopic (exact) mass is 418 g/mol. The third kappa shape index (κ3) is 4.99. The molecule has 2 heterocycles. The zero-order valence-corrected chi connectivity index (χ0v) is 16.5. The van der Waals surface area contributed by atoms with Crippen molar-refractivity contribution in [2.45, 2.75) is 0 Å². The number of pyridine rings is 2. The first-order valence-electron chi connectivity index (χ1n) is 7.72. The van der Waals surface area contributed by atoms with Crippen LogP contribution in [0.2, 0.25) is 5.02 Å². The predicted molar refractivity (Wildman–Crippen MR) is 112 cm³/mol. The first kappa shape index (κ1) is 22.5. The molecule has 3 rings (SSSR count). The number of ether oxygens (including phenoxy) is 1. The van der Waals surface area contributed by atoms with E-state index in [0.717, 1.165) is 34.2 Å². The van der Waals surface area contributed by atoms with Crippen LogP contribution in [0.3, 0.4) is 0 Å². The normalized spacial score (nSPS) is 10.3. The molecule has 3 N–H and O–H groups in total.